The number of carboxylic acids is 4. The first-order valence-electron chi connectivity index (χ1n) is 21.1. The van der Waals surface area contributed by atoms with Gasteiger partial charge in [-0.3, -0.25) is 0 Å². The van der Waals surface area contributed by atoms with Crippen molar-refractivity contribution >= 4 is 87.6 Å². The largest absolute Gasteiger partial charge is 0.489 e. The number of carboxylic acid groups (broad SMARTS) is 4. The second kappa shape index (κ2) is 16.8. The number of benzene rings is 6. The molecule has 16 aliphatic heterocycles. The zero-order chi connectivity index (χ0) is 47.4. The Bertz CT molecular complexity index is 2920. The number of rotatable bonds is 4. The van der Waals surface area contributed by atoms with Crippen molar-refractivity contribution in [1.29, 1.82) is 0 Å². The molecule has 12 nitrogen and oxygen atoms in total. The highest BCUT2D eigenvalue weighted by molar-refractivity contribution is 9.11. The van der Waals surface area contributed by atoms with E-state index in [1.54, 1.807) is 72.8 Å². The summed E-state index contributed by atoms with van der Waals surface area (Å²) in [6, 6.07) is 29.0. The zero-order valence-corrected chi connectivity index (χ0v) is 41.3. The van der Waals surface area contributed by atoms with E-state index < -0.39 is 47.5 Å². The predicted molar refractivity (Wildman–Crippen MR) is 259 cm³/mol. The fourth-order valence-electron chi connectivity index (χ4n) is 10.5. The maximum Gasteiger partial charge on any atom is 0.333 e. The van der Waals surface area contributed by atoms with Gasteiger partial charge in [0, 0.05) is 63.8 Å². The maximum atomic E-state index is 12.9. The molecule has 0 spiro atoms. The SMILES string of the molecule is O=C(O)C1=C(C(=O)O)[C@@H]2c3ccc4cc3[C@H]1c1ccc(cc12)OCc1cc(Br)c(cc1Br)COc1ccc2c(c1)[C@@H]1C(C(=O)O)=C(C(=O)O)[C@H]2c2cc(ccc21)OCc1cc(Br)c(cc1Br)CO4. The molecule has 20 bridgehead atoms. The van der Waals surface area contributed by atoms with Crippen molar-refractivity contribution in [2.24, 2.45) is 0 Å². The maximum absolute atomic E-state index is 12.9. The van der Waals surface area contributed by atoms with Gasteiger partial charge in [-0.25, -0.2) is 19.2 Å². The van der Waals surface area contributed by atoms with Gasteiger partial charge in [0.15, 0.2) is 0 Å². The summed E-state index contributed by atoms with van der Waals surface area (Å²) in [4.78, 5) is 51.6. The highest BCUT2D eigenvalue weighted by Gasteiger charge is 2.50. The van der Waals surface area contributed by atoms with Crippen LogP contribution in [0.2, 0.25) is 0 Å². The van der Waals surface area contributed by atoms with E-state index in [2.05, 4.69) is 63.7 Å². The molecule has 4 atom stereocenters. The predicted octanol–water partition coefficient (Wildman–Crippen LogP) is 11.5. The van der Waals surface area contributed by atoms with Crippen LogP contribution in [0.15, 0.2) is 137 Å². The molecule has 0 aromatic heterocycles. The van der Waals surface area contributed by atoms with E-state index in [0.717, 1.165) is 40.1 Å². The summed E-state index contributed by atoms with van der Waals surface area (Å²) in [5.41, 5.74) is 7.72. The van der Waals surface area contributed by atoms with Crippen molar-refractivity contribution in [3.8, 4) is 23.0 Å². The van der Waals surface area contributed by atoms with Crippen LogP contribution in [0.3, 0.4) is 0 Å². The molecule has 0 unspecified atom stereocenters. The summed E-state index contributed by atoms with van der Waals surface area (Å²) in [6.45, 7) is 0.508. The lowest BCUT2D eigenvalue weighted by Crippen LogP contribution is -2.34. The average molecular weight is 1170 g/mol. The Morgan fingerprint density at radius 1 is 0.338 bits per heavy atom. The molecule has 0 saturated heterocycles. The second-order valence-electron chi connectivity index (χ2n) is 17.0. The van der Waals surface area contributed by atoms with Gasteiger partial charge >= 0.3 is 23.9 Å². The van der Waals surface area contributed by atoms with E-state index in [1.807, 2.05) is 24.3 Å². The Hall–Kier alpha value is -6.20. The van der Waals surface area contributed by atoms with Crippen LogP contribution < -0.4 is 18.9 Å². The minimum Gasteiger partial charge on any atom is -0.489 e. The molecular weight excluding hydrogens is 1140 g/mol. The molecule has 0 saturated carbocycles. The Kier molecular flexibility index (Phi) is 10.9. The third-order valence-corrected chi connectivity index (χ3v) is 16.3. The third-order valence-electron chi connectivity index (χ3n) is 13.4. The summed E-state index contributed by atoms with van der Waals surface area (Å²) in [6.07, 6.45) is 0. The average Bonchev–Trinajstić information content (AvgIpc) is 3.31. The molecule has 16 heterocycles. The standard InChI is InChI=1S/C52H32Br4O12/c53-37-10-22-18-67-27-3-7-31-35(15-27)43-32-8-4-28(16-36(32)44(31)48(52(63)64)47(43)51(61)62)68-20-24-12-39(55)23(11-40(24)56)19-66-26-2-6-30-34(14-26)41-29-5-1-25(65-17-21(37)9-38(22)54)13-33(29)42(30)46(50(59)60)45(41)49(57)58/h1-16,41-44H,17-20H2,(H,57,58)(H,59,60)(H,61,62)(H,63,64)/t41-,42-,43-,44-/m1/s1. The fraction of sp³-hybridized carbons (Fsp3) is 0.154. The Balaban J connectivity index is 0.988. The molecule has 68 heavy (non-hydrogen) atoms. The zero-order valence-electron chi connectivity index (χ0n) is 34.9. The lowest BCUT2D eigenvalue weighted by Gasteiger charge is -2.41. The Labute approximate surface area is 420 Å². The lowest BCUT2D eigenvalue weighted by atomic mass is 9.61. The van der Waals surface area contributed by atoms with Crippen LogP contribution in [0.1, 0.15) is 90.4 Å². The van der Waals surface area contributed by atoms with Crippen LogP contribution in [-0.4, -0.2) is 44.3 Å². The van der Waals surface area contributed by atoms with Gasteiger partial charge in [0.2, 0.25) is 0 Å². The van der Waals surface area contributed by atoms with Crippen LogP contribution in [0.5, 0.6) is 23.0 Å². The summed E-state index contributed by atoms with van der Waals surface area (Å²) >= 11 is 14.8. The van der Waals surface area contributed by atoms with Crippen molar-refractivity contribution in [2.45, 2.75) is 50.1 Å². The Morgan fingerprint density at radius 3 is 0.735 bits per heavy atom. The number of halogens is 4. The first kappa shape index (κ1) is 44.3. The summed E-state index contributed by atoms with van der Waals surface area (Å²) < 4.78 is 28.2. The van der Waals surface area contributed by atoms with Crippen LogP contribution in [0.4, 0.5) is 0 Å². The quantitative estimate of drug-likeness (QED) is 0.131. The number of ether oxygens (including phenoxy) is 4. The van der Waals surface area contributed by atoms with Crippen molar-refractivity contribution in [3.05, 3.63) is 204 Å². The van der Waals surface area contributed by atoms with Crippen LogP contribution in [-0.2, 0) is 45.6 Å². The highest BCUT2D eigenvalue weighted by atomic mass is 79.9. The second-order valence-corrected chi connectivity index (χ2v) is 20.4. The lowest BCUT2D eigenvalue weighted by molar-refractivity contribution is -0.136. The molecule has 0 fully saturated rings. The van der Waals surface area contributed by atoms with Crippen LogP contribution >= 0.6 is 63.7 Å². The van der Waals surface area contributed by atoms with Crippen molar-refractivity contribution in [1.82, 2.24) is 0 Å². The van der Waals surface area contributed by atoms with E-state index >= 15 is 0 Å². The minimum absolute atomic E-state index is 0.127. The van der Waals surface area contributed by atoms with Gasteiger partial charge < -0.3 is 39.4 Å². The van der Waals surface area contributed by atoms with Gasteiger partial charge in [-0.2, -0.15) is 0 Å². The molecule has 340 valence electrons. The summed E-state index contributed by atoms with van der Waals surface area (Å²) in [5, 5.41) is 42.0. The summed E-state index contributed by atoms with van der Waals surface area (Å²) in [5.74, 6) is -6.85. The van der Waals surface area contributed by atoms with Gasteiger partial charge in [-0.15, -0.1) is 0 Å². The summed E-state index contributed by atoms with van der Waals surface area (Å²) in [7, 11) is 0. The smallest absolute Gasteiger partial charge is 0.333 e. The van der Waals surface area contributed by atoms with Gasteiger partial charge in [0.05, 0.1) is 22.3 Å². The third kappa shape index (κ3) is 7.17. The normalized spacial score (nSPS) is 19.5. The van der Waals surface area contributed by atoms with Gasteiger partial charge in [-0.05, 0) is 117 Å². The van der Waals surface area contributed by atoms with Gasteiger partial charge in [0.1, 0.15) is 49.4 Å². The molecule has 6 aromatic carbocycles. The highest BCUT2D eigenvalue weighted by Crippen LogP contribution is 2.58. The number of hydrogen-bond donors (Lipinski definition) is 4. The fourth-order valence-corrected chi connectivity index (χ4v) is 12.5. The molecule has 6 aromatic rings. The monoisotopic (exact) mass is 1160 g/mol. The topological polar surface area (TPSA) is 186 Å². The van der Waals surface area contributed by atoms with E-state index in [1.165, 1.54) is 0 Å². The van der Waals surface area contributed by atoms with Crippen LogP contribution in [0, 0.1) is 0 Å². The molecule has 0 amide bonds. The molecule has 16 heteroatoms. The molecular formula is C52H32Br4O12. The Morgan fingerprint density at radius 2 is 0.544 bits per heavy atom. The molecule has 22 aliphatic rings. The van der Waals surface area contributed by atoms with E-state index in [0.29, 0.717) is 67.5 Å². The van der Waals surface area contributed by atoms with Crippen molar-refractivity contribution in [3.63, 3.8) is 0 Å². The molecule has 0 radical (unpaired) electrons. The number of hydrogen-bond acceptors (Lipinski definition) is 8. The molecule has 6 aliphatic carbocycles. The molecule has 4 N–H and O–H groups in total. The van der Waals surface area contributed by atoms with Gasteiger partial charge in [0.25, 0.3) is 0 Å². The van der Waals surface area contributed by atoms with Crippen molar-refractivity contribution in [2.75, 3.05) is 0 Å². The van der Waals surface area contributed by atoms with E-state index in [4.69, 9.17) is 18.9 Å². The molecule has 28 rings (SSSR count). The number of carbonyl (C=O) groups is 4. The van der Waals surface area contributed by atoms with E-state index in [9.17, 15) is 39.6 Å². The first-order valence-corrected chi connectivity index (χ1v) is 24.2. The van der Waals surface area contributed by atoms with E-state index in [-0.39, 0.29) is 48.7 Å². The van der Waals surface area contributed by atoms with Gasteiger partial charge in [-0.1, -0.05) is 88.0 Å². The van der Waals surface area contributed by atoms with Crippen molar-refractivity contribution < 1.29 is 58.6 Å². The minimum atomic E-state index is -1.31. The first-order chi connectivity index (χ1) is 32.7. The van der Waals surface area contributed by atoms with Crippen LogP contribution in [0.25, 0.3) is 0 Å². The number of aliphatic carboxylic acids is 4.